The quantitative estimate of drug-likeness (QED) is 0.839. The first kappa shape index (κ1) is 14.6. The normalized spacial score (nSPS) is 26.7. The maximum absolute atomic E-state index is 6.11. The van der Waals surface area contributed by atoms with Gasteiger partial charge in [0.1, 0.15) is 0 Å². The minimum absolute atomic E-state index is 0.300. The van der Waals surface area contributed by atoms with E-state index in [9.17, 15) is 0 Å². The number of hydrogen-bond donors (Lipinski definition) is 1. The summed E-state index contributed by atoms with van der Waals surface area (Å²) in [4.78, 5) is 5.05. The summed E-state index contributed by atoms with van der Waals surface area (Å²) >= 11 is 2.09. The molecule has 2 aliphatic heterocycles. The van der Waals surface area contributed by atoms with E-state index in [1.165, 1.54) is 56.8 Å². The van der Waals surface area contributed by atoms with Gasteiger partial charge in [-0.3, -0.25) is 4.90 Å². The number of nitrogens with two attached hydrogens (primary N) is 1. The van der Waals surface area contributed by atoms with Crippen LogP contribution in [0.25, 0.3) is 0 Å². The van der Waals surface area contributed by atoms with Crippen LogP contribution in [-0.2, 0) is 0 Å². The summed E-state index contributed by atoms with van der Waals surface area (Å²) in [6.45, 7) is 4.61. The third-order valence-electron chi connectivity index (χ3n) is 4.98. The Labute approximate surface area is 116 Å². The van der Waals surface area contributed by atoms with Crippen molar-refractivity contribution in [1.82, 2.24) is 9.80 Å². The smallest absolute Gasteiger partial charge is 0.0344 e. The molecule has 2 rings (SSSR count). The van der Waals surface area contributed by atoms with Crippen molar-refractivity contribution in [2.75, 3.05) is 51.8 Å². The number of rotatable bonds is 4. The van der Waals surface area contributed by atoms with Gasteiger partial charge in [-0.25, -0.2) is 0 Å². The van der Waals surface area contributed by atoms with Gasteiger partial charge in [-0.1, -0.05) is 0 Å². The molecule has 106 valence electrons. The zero-order valence-corrected chi connectivity index (χ0v) is 12.8. The third-order valence-corrected chi connectivity index (χ3v) is 5.97. The Morgan fingerprint density at radius 1 is 1.28 bits per heavy atom. The van der Waals surface area contributed by atoms with Crippen molar-refractivity contribution in [3.8, 4) is 0 Å². The zero-order valence-electron chi connectivity index (χ0n) is 12.0. The average Bonchev–Trinajstić information content (AvgIpc) is 2.42. The minimum atomic E-state index is 0.300. The highest BCUT2D eigenvalue weighted by Gasteiger charge is 2.36. The van der Waals surface area contributed by atoms with Crippen molar-refractivity contribution < 1.29 is 0 Å². The number of hydrogen-bond acceptors (Lipinski definition) is 4. The summed E-state index contributed by atoms with van der Waals surface area (Å²) in [7, 11) is 4.54. The first-order valence-electron chi connectivity index (χ1n) is 7.34. The summed E-state index contributed by atoms with van der Waals surface area (Å²) in [5.74, 6) is 3.45. The molecule has 3 nitrogen and oxygen atoms in total. The Morgan fingerprint density at radius 2 is 1.89 bits per heavy atom. The van der Waals surface area contributed by atoms with Gasteiger partial charge in [0, 0.05) is 18.6 Å². The molecule has 18 heavy (non-hydrogen) atoms. The zero-order chi connectivity index (χ0) is 13.0. The molecule has 0 aliphatic carbocycles. The maximum atomic E-state index is 6.11. The van der Waals surface area contributed by atoms with Crippen molar-refractivity contribution in [3.05, 3.63) is 0 Å². The highest BCUT2D eigenvalue weighted by Crippen LogP contribution is 2.32. The second-order valence-electron chi connectivity index (χ2n) is 6.17. The fraction of sp³-hybridized carbons (Fsp3) is 1.00. The van der Waals surface area contributed by atoms with Crippen molar-refractivity contribution in [2.45, 2.75) is 31.2 Å². The standard InChI is InChI=1S/C14H29N3S/c1-16-7-3-13(4-8-16)11-17(2)14(12-15)5-9-18-10-6-14/h13H,3-12,15H2,1-2H3. The van der Waals surface area contributed by atoms with Crippen LogP contribution in [0.5, 0.6) is 0 Å². The van der Waals surface area contributed by atoms with Gasteiger partial charge in [-0.15, -0.1) is 0 Å². The van der Waals surface area contributed by atoms with Crippen LogP contribution < -0.4 is 5.73 Å². The Bertz CT molecular complexity index is 245. The lowest BCUT2D eigenvalue weighted by Gasteiger charge is -2.46. The van der Waals surface area contributed by atoms with Gasteiger partial charge in [-0.05, 0) is 70.3 Å². The van der Waals surface area contributed by atoms with Crippen LogP contribution in [0.15, 0.2) is 0 Å². The molecule has 0 unspecified atom stereocenters. The van der Waals surface area contributed by atoms with Crippen molar-refractivity contribution in [1.29, 1.82) is 0 Å². The van der Waals surface area contributed by atoms with Crippen LogP contribution in [0, 0.1) is 5.92 Å². The van der Waals surface area contributed by atoms with Crippen LogP contribution in [-0.4, -0.2) is 67.1 Å². The van der Waals surface area contributed by atoms with Gasteiger partial charge in [0.25, 0.3) is 0 Å². The molecule has 0 atom stereocenters. The second kappa shape index (κ2) is 6.60. The van der Waals surface area contributed by atoms with E-state index in [0.29, 0.717) is 5.54 Å². The van der Waals surface area contributed by atoms with Crippen LogP contribution in [0.4, 0.5) is 0 Å². The van der Waals surface area contributed by atoms with Gasteiger partial charge in [0.15, 0.2) is 0 Å². The Morgan fingerprint density at radius 3 is 2.44 bits per heavy atom. The number of piperidine rings is 1. The van der Waals surface area contributed by atoms with Crippen LogP contribution in [0.2, 0.25) is 0 Å². The molecule has 4 heteroatoms. The highest BCUT2D eigenvalue weighted by molar-refractivity contribution is 7.99. The summed E-state index contributed by atoms with van der Waals surface area (Å²) in [6, 6.07) is 0. The second-order valence-corrected chi connectivity index (χ2v) is 7.39. The Kier molecular flexibility index (Phi) is 5.36. The number of thioether (sulfide) groups is 1. The first-order valence-corrected chi connectivity index (χ1v) is 8.49. The Hall–Kier alpha value is 0.230. The molecule has 2 aliphatic rings. The summed E-state index contributed by atoms with van der Waals surface area (Å²) in [6.07, 6.45) is 5.26. The molecular weight excluding hydrogens is 242 g/mol. The predicted molar refractivity (Wildman–Crippen MR) is 81.2 cm³/mol. The topological polar surface area (TPSA) is 32.5 Å². The van der Waals surface area contributed by atoms with Gasteiger partial charge >= 0.3 is 0 Å². The van der Waals surface area contributed by atoms with Gasteiger partial charge in [0.2, 0.25) is 0 Å². The van der Waals surface area contributed by atoms with E-state index in [2.05, 4.69) is 35.7 Å². The van der Waals surface area contributed by atoms with Gasteiger partial charge in [-0.2, -0.15) is 11.8 Å². The van der Waals surface area contributed by atoms with Crippen LogP contribution in [0.3, 0.4) is 0 Å². The monoisotopic (exact) mass is 271 g/mol. The lowest BCUT2D eigenvalue weighted by atomic mass is 9.88. The van der Waals surface area contributed by atoms with E-state index in [0.717, 1.165) is 12.5 Å². The molecular formula is C14H29N3S. The summed E-state index contributed by atoms with van der Waals surface area (Å²) in [5, 5.41) is 0. The molecule has 0 radical (unpaired) electrons. The maximum Gasteiger partial charge on any atom is 0.0344 e. The van der Waals surface area contributed by atoms with Crippen molar-refractivity contribution in [3.63, 3.8) is 0 Å². The molecule has 0 aromatic carbocycles. The van der Waals surface area contributed by atoms with E-state index >= 15 is 0 Å². The molecule has 0 amide bonds. The molecule has 0 bridgehead atoms. The molecule has 2 saturated heterocycles. The van der Waals surface area contributed by atoms with E-state index in [1.54, 1.807) is 0 Å². The number of likely N-dealkylation sites (tertiary alicyclic amines) is 1. The number of likely N-dealkylation sites (N-methyl/N-ethyl adjacent to an activating group) is 1. The minimum Gasteiger partial charge on any atom is -0.329 e. The summed E-state index contributed by atoms with van der Waals surface area (Å²) in [5.41, 5.74) is 6.41. The lowest BCUT2D eigenvalue weighted by Crippen LogP contribution is -2.55. The van der Waals surface area contributed by atoms with Crippen molar-refractivity contribution >= 4 is 11.8 Å². The van der Waals surface area contributed by atoms with E-state index in [4.69, 9.17) is 5.73 Å². The SMILES string of the molecule is CN1CCC(CN(C)C2(CN)CCSCC2)CC1. The lowest BCUT2D eigenvalue weighted by molar-refractivity contribution is 0.0783. The van der Waals surface area contributed by atoms with E-state index in [1.807, 2.05) is 0 Å². The molecule has 0 aromatic rings. The van der Waals surface area contributed by atoms with E-state index in [-0.39, 0.29) is 0 Å². The highest BCUT2D eigenvalue weighted by atomic mass is 32.2. The third kappa shape index (κ3) is 3.41. The molecule has 2 N–H and O–H groups in total. The van der Waals surface area contributed by atoms with Crippen LogP contribution in [0.1, 0.15) is 25.7 Å². The van der Waals surface area contributed by atoms with Crippen molar-refractivity contribution in [2.24, 2.45) is 11.7 Å². The molecule has 0 spiro atoms. The molecule has 2 heterocycles. The number of nitrogens with zero attached hydrogens (tertiary/aromatic N) is 2. The predicted octanol–water partition coefficient (Wildman–Crippen LogP) is 1.48. The Balaban J connectivity index is 1.87. The van der Waals surface area contributed by atoms with Gasteiger partial charge < -0.3 is 10.6 Å². The first-order chi connectivity index (χ1) is 8.66. The molecule has 2 fully saturated rings. The largest absolute Gasteiger partial charge is 0.329 e. The molecule has 0 aromatic heterocycles. The fourth-order valence-electron chi connectivity index (χ4n) is 3.32. The van der Waals surface area contributed by atoms with Crippen LogP contribution >= 0.6 is 11.8 Å². The van der Waals surface area contributed by atoms with E-state index < -0.39 is 0 Å². The summed E-state index contributed by atoms with van der Waals surface area (Å²) < 4.78 is 0. The molecule has 0 saturated carbocycles. The average molecular weight is 271 g/mol. The van der Waals surface area contributed by atoms with Gasteiger partial charge in [0.05, 0.1) is 0 Å². The fourth-order valence-corrected chi connectivity index (χ4v) is 4.57.